The molecular weight excluding hydrogens is 424 g/mol. The fraction of sp³-hybridized carbons (Fsp3) is 0.240. The number of carbonyl (C=O) groups excluding carboxylic acids is 2. The van der Waals surface area contributed by atoms with Crippen molar-refractivity contribution in [3.05, 3.63) is 84.7 Å². The highest BCUT2D eigenvalue weighted by atomic mass is 35.5. The van der Waals surface area contributed by atoms with Gasteiger partial charge in [-0.15, -0.1) is 13.2 Å². The average molecular weight is 449 g/mol. The number of rotatable bonds is 8. The predicted molar refractivity (Wildman–Crippen MR) is 128 cm³/mol. The van der Waals surface area contributed by atoms with Gasteiger partial charge in [0.05, 0.1) is 11.0 Å². The van der Waals surface area contributed by atoms with E-state index in [9.17, 15) is 9.59 Å². The number of imidazole rings is 1. The van der Waals surface area contributed by atoms with Crippen LogP contribution in [-0.4, -0.2) is 45.9 Å². The van der Waals surface area contributed by atoms with Crippen LogP contribution in [-0.2, 0) is 16.1 Å². The minimum absolute atomic E-state index is 0.0159. The molecule has 0 spiro atoms. The Hall–Kier alpha value is -3.38. The van der Waals surface area contributed by atoms with Crippen molar-refractivity contribution < 1.29 is 9.59 Å². The molecule has 1 atom stereocenters. The van der Waals surface area contributed by atoms with Crippen molar-refractivity contribution in [3.63, 3.8) is 0 Å². The predicted octanol–water partition coefficient (Wildman–Crippen LogP) is 4.41. The van der Waals surface area contributed by atoms with Gasteiger partial charge in [0.15, 0.2) is 0 Å². The number of anilines is 1. The van der Waals surface area contributed by atoms with Crippen LogP contribution in [0.3, 0.4) is 0 Å². The summed E-state index contributed by atoms with van der Waals surface area (Å²) in [6.07, 6.45) is 3.73. The molecule has 6 nitrogen and oxygen atoms in total. The third-order valence-corrected chi connectivity index (χ3v) is 5.87. The Morgan fingerprint density at radius 3 is 2.62 bits per heavy atom. The monoisotopic (exact) mass is 448 g/mol. The molecule has 2 aromatic carbocycles. The molecule has 0 aliphatic carbocycles. The summed E-state index contributed by atoms with van der Waals surface area (Å²) in [5.41, 5.74) is 2.46. The maximum Gasteiger partial charge on any atom is 0.243 e. The number of benzene rings is 2. The molecule has 1 fully saturated rings. The zero-order valence-corrected chi connectivity index (χ0v) is 18.5. The lowest BCUT2D eigenvalue weighted by Crippen LogP contribution is -2.34. The summed E-state index contributed by atoms with van der Waals surface area (Å²) in [6, 6.07) is 15.0. The molecule has 0 radical (unpaired) electrons. The number of amides is 2. The fourth-order valence-electron chi connectivity index (χ4n) is 4.17. The van der Waals surface area contributed by atoms with Gasteiger partial charge in [-0.2, -0.15) is 0 Å². The molecule has 1 saturated heterocycles. The zero-order valence-electron chi connectivity index (χ0n) is 17.8. The maximum atomic E-state index is 13.1. The van der Waals surface area contributed by atoms with Crippen molar-refractivity contribution >= 4 is 40.1 Å². The van der Waals surface area contributed by atoms with Crippen LogP contribution in [0.15, 0.2) is 73.8 Å². The van der Waals surface area contributed by atoms with Crippen LogP contribution in [0.4, 0.5) is 5.69 Å². The molecule has 1 aromatic heterocycles. The Bertz CT molecular complexity index is 1180. The van der Waals surface area contributed by atoms with E-state index in [2.05, 4.69) is 13.2 Å². The molecule has 1 aliphatic rings. The minimum atomic E-state index is -0.131. The number of fused-ring (bicyclic) bond motifs is 1. The molecule has 1 unspecified atom stereocenters. The maximum absolute atomic E-state index is 13.1. The molecule has 1 aliphatic heterocycles. The van der Waals surface area contributed by atoms with Gasteiger partial charge in [-0.3, -0.25) is 9.59 Å². The third kappa shape index (κ3) is 4.32. The molecule has 0 saturated carbocycles. The highest BCUT2D eigenvalue weighted by Crippen LogP contribution is 2.34. The number of aromatic nitrogens is 2. The van der Waals surface area contributed by atoms with Crippen LogP contribution in [0.25, 0.3) is 11.0 Å². The van der Waals surface area contributed by atoms with E-state index >= 15 is 0 Å². The molecular formula is C25H25ClN4O2. The Morgan fingerprint density at radius 1 is 1.16 bits per heavy atom. The van der Waals surface area contributed by atoms with E-state index in [-0.39, 0.29) is 24.3 Å². The van der Waals surface area contributed by atoms with Gasteiger partial charge in [0.25, 0.3) is 0 Å². The largest absolute Gasteiger partial charge is 0.334 e. The van der Waals surface area contributed by atoms with Crippen LogP contribution >= 0.6 is 11.6 Å². The highest BCUT2D eigenvalue weighted by molar-refractivity contribution is 6.30. The van der Waals surface area contributed by atoms with E-state index in [4.69, 9.17) is 16.6 Å². The van der Waals surface area contributed by atoms with Crippen molar-refractivity contribution in [1.82, 2.24) is 14.5 Å². The van der Waals surface area contributed by atoms with E-state index < -0.39 is 0 Å². The van der Waals surface area contributed by atoms with Crippen molar-refractivity contribution in [2.24, 2.45) is 0 Å². The van der Waals surface area contributed by atoms with E-state index in [1.54, 1.807) is 34.1 Å². The molecule has 0 bridgehead atoms. The van der Waals surface area contributed by atoms with Crippen LogP contribution in [0, 0.1) is 0 Å². The SMILES string of the molecule is C=CCN(CC=C)C(=O)Cn1c(C2CC(=O)N(c3cccc(Cl)c3)C2)nc2ccccc21. The molecule has 0 N–H and O–H groups in total. The summed E-state index contributed by atoms with van der Waals surface area (Å²) >= 11 is 6.13. The summed E-state index contributed by atoms with van der Waals surface area (Å²) in [5.74, 6) is 0.580. The normalized spacial score (nSPS) is 15.8. The van der Waals surface area contributed by atoms with Crippen molar-refractivity contribution in [1.29, 1.82) is 0 Å². The second kappa shape index (κ2) is 9.40. The Kier molecular flexibility index (Phi) is 6.42. The minimum Gasteiger partial charge on any atom is -0.334 e. The molecule has 32 heavy (non-hydrogen) atoms. The first-order valence-electron chi connectivity index (χ1n) is 10.5. The molecule has 2 heterocycles. The highest BCUT2D eigenvalue weighted by Gasteiger charge is 2.35. The topological polar surface area (TPSA) is 58.4 Å². The lowest BCUT2D eigenvalue weighted by atomic mass is 10.1. The summed E-state index contributed by atoms with van der Waals surface area (Å²) in [5, 5.41) is 0.584. The van der Waals surface area contributed by atoms with Crippen LogP contribution < -0.4 is 4.90 Å². The first-order valence-corrected chi connectivity index (χ1v) is 10.9. The second-order valence-corrected chi connectivity index (χ2v) is 8.24. The molecule has 3 aromatic rings. The van der Waals surface area contributed by atoms with E-state index in [1.165, 1.54) is 0 Å². The molecule has 2 amide bonds. The van der Waals surface area contributed by atoms with Gasteiger partial charge >= 0.3 is 0 Å². The number of hydrogen-bond donors (Lipinski definition) is 0. The van der Waals surface area contributed by atoms with E-state index in [0.29, 0.717) is 31.1 Å². The van der Waals surface area contributed by atoms with Gasteiger partial charge in [-0.25, -0.2) is 4.98 Å². The van der Waals surface area contributed by atoms with Crippen LogP contribution in [0.1, 0.15) is 18.2 Å². The summed E-state index contributed by atoms with van der Waals surface area (Å²) in [7, 11) is 0. The lowest BCUT2D eigenvalue weighted by molar-refractivity contribution is -0.130. The van der Waals surface area contributed by atoms with Crippen LogP contribution in [0.5, 0.6) is 0 Å². The molecule has 4 rings (SSSR count). The first kappa shape index (κ1) is 21.8. The van der Waals surface area contributed by atoms with Gasteiger partial charge < -0.3 is 14.4 Å². The lowest BCUT2D eigenvalue weighted by Gasteiger charge is -2.21. The fourth-order valence-corrected chi connectivity index (χ4v) is 4.36. The summed E-state index contributed by atoms with van der Waals surface area (Å²) in [4.78, 5) is 34.2. The number of halogens is 1. The van der Waals surface area contributed by atoms with Gasteiger partial charge in [-0.1, -0.05) is 42.0 Å². The van der Waals surface area contributed by atoms with Crippen molar-refractivity contribution in [2.45, 2.75) is 18.9 Å². The summed E-state index contributed by atoms with van der Waals surface area (Å²) in [6.45, 7) is 9.00. The number of para-hydroxylation sites is 2. The van der Waals surface area contributed by atoms with E-state index in [1.807, 2.05) is 41.0 Å². The Labute approximate surface area is 192 Å². The van der Waals surface area contributed by atoms with Gasteiger partial charge in [0.2, 0.25) is 11.8 Å². The quantitative estimate of drug-likeness (QED) is 0.479. The van der Waals surface area contributed by atoms with Gasteiger partial charge in [-0.05, 0) is 30.3 Å². The number of hydrogen-bond acceptors (Lipinski definition) is 3. The summed E-state index contributed by atoms with van der Waals surface area (Å²) < 4.78 is 1.94. The van der Waals surface area contributed by atoms with Crippen molar-refractivity contribution in [3.8, 4) is 0 Å². The number of carbonyl (C=O) groups is 2. The van der Waals surface area contributed by atoms with Gasteiger partial charge in [0, 0.05) is 42.7 Å². The molecule has 7 heteroatoms. The van der Waals surface area contributed by atoms with Gasteiger partial charge in [0.1, 0.15) is 12.4 Å². The molecule has 164 valence electrons. The average Bonchev–Trinajstić information content (AvgIpc) is 3.34. The van der Waals surface area contributed by atoms with Crippen molar-refractivity contribution in [2.75, 3.05) is 24.5 Å². The smallest absolute Gasteiger partial charge is 0.243 e. The van der Waals surface area contributed by atoms with E-state index in [0.717, 1.165) is 22.5 Å². The Balaban J connectivity index is 1.67. The second-order valence-electron chi connectivity index (χ2n) is 7.81. The standard InChI is InChI=1S/C25H25ClN4O2/c1-3-12-28(13-4-2)24(32)17-30-22-11-6-5-10-21(22)27-25(30)18-14-23(31)29(16-18)20-9-7-8-19(26)15-20/h3-11,15,18H,1-2,12-14,16-17H2. The first-order chi connectivity index (χ1) is 15.5. The van der Waals surface area contributed by atoms with Crippen LogP contribution in [0.2, 0.25) is 5.02 Å². The third-order valence-electron chi connectivity index (χ3n) is 5.64. The number of nitrogens with zero attached hydrogens (tertiary/aromatic N) is 4. The zero-order chi connectivity index (χ0) is 22.7. The Morgan fingerprint density at radius 2 is 1.91 bits per heavy atom.